The molecule has 0 aliphatic rings. The second kappa shape index (κ2) is 2.77. The number of oxazole rings is 1. The summed E-state index contributed by atoms with van der Waals surface area (Å²) in [5.41, 5.74) is -0.0692. The van der Waals surface area contributed by atoms with Crippen molar-refractivity contribution in [1.29, 1.82) is 0 Å². The highest BCUT2D eigenvalue weighted by Gasteiger charge is 2.15. The Bertz CT molecular complexity index is 269. The van der Waals surface area contributed by atoms with E-state index in [4.69, 9.17) is 0 Å². The van der Waals surface area contributed by atoms with Gasteiger partial charge < -0.3 is 4.42 Å². The van der Waals surface area contributed by atoms with Crippen LogP contribution in [-0.4, -0.2) is 10.8 Å². The first-order valence-electron chi connectivity index (χ1n) is 2.85. The summed E-state index contributed by atoms with van der Waals surface area (Å²) in [7, 11) is 0. The number of rotatable bonds is 2. The number of carbonyl (C=O) groups excluding carboxylic acids is 1. The molecular weight excluding hydrogens is 156 g/mol. The lowest BCUT2D eigenvalue weighted by molar-refractivity contribution is 0.101. The van der Waals surface area contributed by atoms with Gasteiger partial charge in [0.15, 0.2) is 5.78 Å². The van der Waals surface area contributed by atoms with Crippen LogP contribution in [0.5, 0.6) is 0 Å². The number of hydrogen-bond donors (Lipinski definition) is 0. The minimum atomic E-state index is -2.76. The van der Waals surface area contributed by atoms with E-state index in [0.717, 1.165) is 6.26 Å². The number of alkyl halides is 2. The largest absolute Gasteiger partial charge is 0.443 e. The Morgan fingerprint density at radius 2 is 2.36 bits per heavy atom. The van der Waals surface area contributed by atoms with Crippen LogP contribution in [0, 0.1) is 0 Å². The van der Waals surface area contributed by atoms with E-state index in [1.165, 1.54) is 6.92 Å². The zero-order chi connectivity index (χ0) is 8.43. The predicted molar refractivity (Wildman–Crippen MR) is 31.5 cm³/mol. The van der Waals surface area contributed by atoms with Crippen LogP contribution in [0.1, 0.15) is 29.7 Å². The van der Waals surface area contributed by atoms with Crippen LogP contribution in [0.4, 0.5) is 8.78 Å². The molecule has 1 aromatic rings. The van der Waals surface area contributed by atoms with Crippen LogP contribution in [0.15, 0.2) is 10.7 Å². The average molecular weight is 161 g/mol. The van der Waals surface area contributed by atoms with E-state index in [2.05, 4.69) is 9.40 Å². The van der Waals surface area contributed by atoms with Crippen LogP contribution in [0.25, 0.3) is 0 Å². The molecule has 0 bridgehead atoms. The van der Waals surface area contributed by atoms with Crippen molar-refractivity contribution >= 4 is 5.78 Å². The van der Waals surface area contributed by atoms with Crippen molar-refractivity contribution in [3.8, 4) is 0 Å². The first-order valence-corrected chi connectivity index (χ1v) is 2.85. The number of aromatic nitrogens is 1. The molecular formula is C6H5F2NO2. The van der Waals surface area contributed by atoms with Crippen molar-refractivity contribution in [3.63, 3.8) is 0 Å². The van der Waals surface area contributed by atoms with Crippen LogP contribution >= 0.6 is 0 Å². The van der Waals surface area contributed by atoms with Gasteiger partial charge in [0.05, 0.1) is 0 Å². The molecule has 11 heavy (non-hydrogen) atoms. The van der Waals surface area contributed by atoms with E-state index >= 15 is 0 Å². The summed E-state index contributed by atoms with van der Waals surface area (Å²) in [6, 6.07) is 0. The fourth-order valence-electron chi connectivity index (χ4n) is 0.550. The van der Waals surface area contributed by atoms with Crippen LogP contribution in [-0.2, 0) is 0 Å². The maximum Gasteiger partial charge on any atom is 0.313 e. The molecule has 1 heterocycles. The smallest absolute Gasteiger partial charge is 0.313 e. The van der Waals surface area contributed by atoms with Gasteiger partial charge in [0.25, 0.3) is 5.89 Å². The van der Waals surface area contributed by atoms with Gasteiger partial charge >= 0.3 is 6.43 Å². The number of nitrogens with zero attached hydrogens (tertiary/aromatic N) is 1. The van der Waals surface area contributed by atoms with E-state index in [1.54, 1.807) is 0 Å². The number of carbonyl (C=O) groups is 1. The third-order valence-corrected chi connectivity index (χ3v) is 1.07. The number of Topliss-reactive ketones (excluding diaryl/α,β-unsaturated/α-hetero) is 1. The molecule has 60 valence electrons. The second-order valence-corrected chi connectivity index (χ2v) is 1.93. The monoisotopic (exact) mass is 161 g/mol. The molecule has 5 heteroatoms. The standard InChI is InChI=1S/C6H5F2NO2/c1-3(10)4-2-11-6(9-4)5(7)8/h2,5H,1H3. The molecule has 1 rings (SSSR count). The SMILES string of the molecule is CC(=O)c1coc(C(F)F)n1. The Kier molecular flexibility index (Phi) is 1.98. The molecule has 0 atom stereocenters. The molecule has 0 amide bonds. The summed E-state index contributed by atoms with van der Waals surface area (Å²) in [6.07, 6.45) is -1.84. The maximum atomic E-state index is 11.8. The van der Waals surface area contributed by atoms with Gasteiger partial charge in [0, 0.05) is 6.92 Å². The summed E-state index contributed by atoms with van der Waals surface area (Å²) in [5.74, 6) is -1.10. The Morgan fingerprint density at radius 3 is 2.64 bits per heavy atom. The molecule has 0 N–H and O–H groups in total. The predicted octanol–water partition coefficient (Wildman–Crippen LogP) is 1.81. The Morgan fingerprint density at radius 1 is 1.73 bits per heavy atom. The zero-order valence-electron chi connectivity index (χ0n) is 5.67. The van der Waals surface area contributed by atoms with E-state index in [9.17, 15) is 13.6 Å². The summed E-state index contributed by atoms with van der Waals surface area (Å²) >= 11 is 0. The molecule has 1 aromatic heterocycles. The minimum absolute atomic E-state index is 0.0692. The maximum absolute atomic E-state index is 11.8. The van der Waals surface area contributed by atoms with E-state index in [0.29, 0.717) is 0 Å². The average Bonchev–Trinajstić information content (AvgIpc) is 2.33. The summed E-state index contributed by atoms with van der Waals surface area (Å²) in [6.45, 7) is 1.23. The van der Waals surface area contributed by atoms with E-state index in [-0.39, 0.29) is 11.5 Å². The molecule has 0 aliphatic carbocycles. The van der Waals surface area contributed by atoms with Crippen molar-refractivity contribution in [2.75, 3.05) is 0 Å². The van der Waals surface area contributed by atoms with E-state index in [1.807, 2.05) is 0 Å². The van der Waals surface area contributed by atoms with Gasteiger partial charge in [-0.3, -0.25) is 4.79 Å². The number of hydrogen-bond acceptors (Lipinski definition) is 3. The molecule has 0 unspecified atom stereocenters. The quantitative estimate of drug-likeness (QED) is 0.621. The number of ketones is 1. The van der Waals surface area contributed by atoms with Gasteiger partial charge in [-0.25, -0.2) is 4.98 Å². The highest BCUT2D eigenvalue weighted by atomic mass is 19.3. The van der Waals surface area contributed by atoms with Crippen molar-refractivity contribution in [2.45, 2.75) is 13.3 Å². The normalized spacial score (nSPS) is 10.5. The van der Waals surface area contributed by atoms with Crippen molar-refractivity contribution in [3.05, 3.63) is 17.8 Å². The van der Waals surface area contributed by atoms with Gasteiger partial charge in [0.2, 0.25) is 0 Å². The van der Waals surface area contributed by atoms with Crippen molar-refractivity contribution < 1.29 is 18.0 Å². The van der Waals surface area contributed by atoms with Crippen LogP contribution in [0.2, 0.25) is 0 Å². The van der Waals surface area contributed by atoms with Crippen molar-refractivity contribution in [1.82, 2.24) is 4.98 Å². The summed E-state index contributed by atoms with van der Waals surface area (Å²) in [5, 5.41) is 0. The lowest BCUT2D eigenvalue weighted by Crippen LogP contribution is -1.92. The molecule has 0 saturated carbocycles. The van der Waals surface area contributed by atoms with E-state index < -0.39 is 12.3 Å². The van der Waals surface area contributed by atoms with Gasteiger partial charge in [-0.2, -0.15) is 8.78 Å². The van der Waals surface area contributed by atoms with Gasteiger partial charge in [0.1, 0.15) is 12.0 Å². The molecule has 0 aromatic carbocycles. The number of halogens is 2. The summed E-state index contributed by atoms with van der Waals surface area (Å²) < 4.78 is 27.9. The van der Waals surface area contributed by atoms with Gasteiger partial charge in [-0.1, -0.05) is 0 Å². The van der Waals surface area contributed by atoms with Crippen LogP contribution < -0.4 is 0 Å². The highest BCUT2D eigenvalue weighted by molar-refractivity contribution is 5.91. The fourth-order valence-corrected chi connectivity index (χ4v) is 0.550. The first kappa shape index (κ1) is 7.84. The molecule has 0 spiro atoms. The van der Waals surface area contributed by atoms with Gasteiger partial charge in [-0.05, 0) is 0 Å². The molecule has 0 aliphatic heterocycles. The topological polar surface area (TPSA) is 43.1 Å². The molecule has 0 fully saturated rings. The zero-order valence-corrected chi connectivity index (χ0v) is 5.67. The molecule has 0 radical (unpaired) electrons. The Labute approximate surface area is 61.0 Å². The first-order chi connectivity index (χ1) is 5.11. The summed E-state index contributed by atoms with van der Waals surface area (Å²) in [4.78, 5) is 13.8. The molecule has 3 nitrogen and oxygen atoms in total. The highest BCUT2D eigenvalue weighted by Crippen LogP contribution is 2.17. The second-order valence-electron chi connectivity index (χ2n) is 1.93. The Balaban J connectivity index is 2.90. The third kappa shape index (κ3) is 1.60. The minimum Gasteiger partial charge on any atom is -0.443 e. The molecule has 0 saturated heterocycles. The van der Waals surface area contributed by atoms with Crippen LogP contribution in [0.3, 0.4) is 0 Å². The van der Waals surface area contributed by atoms with Crippen molar-refractivity contribution in [2.24, 2.45) is 0 Å². The lowest BCUT2D eigenvalue weighted by atomic mass is 10.3. The Hall–Kier alpha value is -1.26. The lowest BCUT2D eigenvalue weighted by Gasteiger charge is -1.86. The van der Waals surface area contributed by atoms with Gasteiger partial charge in [-0.15, -0.1) is 0 Å². The fraction of sp³-hybridized carbons (Fsp3) is 0.333. The third-order valence-electron chi connectivity index (χ3n) is 1.07.